The molecule has 0 saturated heterocycles. The number of hydrogen-bond donors (Lipinski definition) is 0. The lowest BCUT2D eigenvalue weighted by Gasteiger charge is -2.28. The number of alkyl halides is 6. The summed E-state index contributed by atoms with van der Waals surface area (Å²) < 4.78 is 86.8. The molecule has 0 saturated carbocycles. The highest BCUT2D eigenvalue weighted by Crippen LogP contribution is 2.36. The van der Waals surface area contributed by atoms with Crippen LogP contribution in [0.15, 0.2) is 66.7 Å². The van der Waals surface area contributed by atoms with Gasteiger partial charge in [-0.3, -0.25) is 4.79 Å². The molecular weight excluding hydrogens is 572 g/mol. The second-order valence-electron chi connectivity index (χ2n) is 11.4. The van der Waals surface area contributed by atoms with Crippen LogP contribution in [0.4, 0.5) is 32.0 Å². The fraction of sp³-hybridized carbons (Fsp3) is 0.424. The van der Waals surface area contributed by atoms with Gasteiger partial charge in [0.1, 0.15) is 5.75 Å². The van der Waals surface area contributed by atoms with E-state index >= 15 is 0 Å². The number of carbonyl (C=O) groups is 1. The minimum atomic E-state index is -4.80. The molecule has 0 amide bonds. The maximum Gasteiger partial charge on any atom is 0.573 e. The van der Waals surface area contributed by atoms with E-state index in [0.29, 0.717) is 42.1 Å². The van der Waals surface area contributed by atoms with Gasteiger partial charge in [0.2, 0.25) is 0 Å². The largest absolute Gasteiger partial charge is 0.573 e. The summed E-state index contributed by atoms with van der Waals surface area (Å²) >= 11 is 0. The molecule has 3 rings (SSSR count). The molecule has 0 aliphatic carbocycles. The van der Waals surface area contributed by atoms with E-state index in [9.17, 15) is 31.1 Å². The van der Waals surface area contributed by atoms with Gasteiger partial charge in [-0.25, -0.2) is 0 Å². The summed E-state index contributed by atoms with van der Waals surface area (Å²) in [5.41, 5.74) is 2.52. The van der Waals surface area contributed by atoms with Crippen LogP contribution >= 0.6 is 0 Å². The number of ether oxygens (including phenoxy) is 2. The van der Waals surface area contributed by atoms with Gasteiger partial charge in [0.25, 0.3) is 0 Å². The van der Waals surface area contributed by atoms with E-state index < -0.39 is 30.0 Å². The van der Waals surface area contributed by atoms with Gasteiger partial charge >= 0.3 is 18.5 Å². The van der Waals surface area contributed by atoms with Gasteiger partial charge in [-0.05, 0) is 83.3 Å². The van der Waals surface area contributed by atoms with Crippen molar-refractivity contribution < 1.29 is 40.6 Å². The van der Waals surface area contributed by atoms with Crippen molar-refractivity contribution in [3.05, 3.63) is 83.4 Å². The maximum atomic E-state index is 13.3. The van der Waals surface area contributed by atoms with Crippen LogP contribution in [0.2, 0.25) is 0 Å². The molecular formula is C33H37F6NO3. The molecule has 0 heterocycles. The fourth-order valence-corrected chi connectivity index (χ4v) is 4.75. The van der Waals surface area contributed by atoms with Gasteiger partial charge in [0.15, 0.2) is 0 Å². The third-order valence-electron chi connectivity index (χ3n) is 6.95. The molecule has 10 heteroatoms. The lowest BCUT2D eigenvalue weighted by Crippen LogP contribution is -2.26. The summed E-state index contributed by atoms with van der Waals surface area (Å²) in [7, 11) is 1.32. The summed E-state index contributed by atoms with van der Waals surface area (Å²) in [6, 6.07) is 16.0. The molecule has 234 valence electrons. The molecule has 1 unspecified atom stereocenters. The predicted molar refractivity (Wildman–Crippen MR) is 155 cm³/mol. The first kappa shape index (κ1) is 33.8. The van der Waals surface area contributed by atoms with Crippen molar-refractivity contribution in [2.24, 2.45) is 11.8 Å². The Balaban J connectivity index is 2.12. The van der Waals surface area contributed by atoms with Crippen LogP contribution in [0.5, 0.6) is 5.75 Å². The normalized spacial score (nSPS) is 12.9. The molecule has 0 radical (unpaired) electrons. The minimum Gasteiger partial charge on any atom is -0.469 e. The van der Waals surface area contributed by atoms with E-state index in [-0.39, 0.29) is 11.7 Å². The van der Waals surface area contributed by atoms with E-state index in [1.165, 1.54) is 31.4 Å². The molecule has 3 aromatic carbocycles. The minimum absolute atomic E-state index is 0.150. The van der Waals surface area contributed by atoms with Gasteiger partial charge in [-0.15, -0.1) is 13.2 Å². The average molecular weight is 610 g/mol. The summed E-state index contributed by atoms with van der Waals surface area (Å²) in [6.07, 6.45) is -7.99. The molecule has 43 heavy (non-hydrogen) atoms. The molecule has 0 fully saturated rings. The molecule has 0 aliphatic rings. The Morgan fingerprint density at radius 1 is 0.814 bits per heavy atom. The summed E-state index contributed by atoms with van der Waals surface area (Å²) in [5.74, 6) is -0.864. The number of benzene rings is 3. The van der Waals surface area contributed by atoms with Crippen molar-refractivity contribution in [2.45, 2.75) is 65.5 Å². The van der Waals surface area contributed by atoms with Crippen molar-refractivity contribution >= 4 is 11.7 Å². The SMILES string of the molecule is COC(=O)C(CC(C)C)c1cc(-c2ccc(C(F)(F)F)cc2)cc(N(CCC(C)C)Cc2ccc(OC(F)(F)F)cc2)c1. The zero-order chi connectivity index (χ0) is 31.9. The number of halogens is 6. The third-order valence-corrected chi connectivity index (χ3v) is 6.95. The van der Waals surface area contributed by atoms with E-state index in [2.05, 4.69) is 23.5 Å². The standard InChI is InChI=1S/C33H37F6NO3/c1-21(2)14-15-40(20-23-6-12-29(13-7-23)43-33(37,38)39)28-18-25(24-8-10-27(11-9-24)32(34,35)36)17-26(19-28)30(16-22(3)4)31(41)42-5/h6-13,17-19,21-22,30H,14-16,20H2,1-5H3. The quantitative estimate of drug-likeness (QED) is 0.151. The van der Waals surface area contributed by atoms with Crippen LogP contribution < -0.4 is 9.64 Å². The molecule has 0 aromatic heterocycles. The van der Waals surface area contributed by atoms with Crippen molar-refractivity contribution in [1.82, 2.24) is 0 Å². The van der Waals surface area contributed by atoms with E-state index in [1.807, 2.05) is 26.0 Å². The first-order valence-electron chi connectivity index (χ1n) is 14.1. The topological polar surface area (TPSA) is 38.8 Å². The number of methoxy groups -OCH3 is 1. The van der Waals surface area contributed by atoms with Crippen LogP contribution in [-0.2, 0) is 22.3 Å². The first-order valence-corrected chi connectivity index (χ1v) is 14.1. The third kappa shape index (κ3) is 10.2. The maximum absolute atomic E-state index is 13.3. The lowest BCUT2D eigenvalue weighted by atomic mass is 9.88. The number of carbonyl (C=O) groups excluding carboxylic acids is 1. The average Bonchev–Trinajstić information content (AvgIpc) is 2.92. The Morgan fingerprint density at radius 3 is 1.95 bits per heavy atom. The second-order valence-corrected chi connectivity index (χ2v) is 11.4. The molecule has 3 aromatic rings. The van der Waals surface area contributed by atoms with E-state index in [4.69, 9.17) is 4.74 Å². The number of anilines is 1. The van der Waals surface area contributed by atoms with E-state index in [1.54, 1.807) is 18.2 Å². The lowest BCUT2D eigenvalue weighted by molar-refractivity contribution is -0.274. The van der Waals surface area contributed by atoms with Crippen LogP contribution in [0.25, 0.3) is 11.1 Å². The molecule has 0 N–H and O–H groups in total. The summed E-state index contributed by atoms with van der Waals surface area (Å²) in [5, 5.41) is 0. The Kier molecular flexibility index (Phi) is 11.2. The number of nitrogens with zero attached hydrogens (tertiary/aromatic N) is 1. The van der Waals surface area contributed by atoms with Crippen molar-refractivity contribution in [2.75, 3.05) is 18.6 Å². The summed E-state index contributed by atoms with van der Waals surface area (Å²) in [4.78, 5) is 15.0. The van der Waals surface area contributed by atoms with Gasteiger partial charge < -0.3 is 14.4 Å². The predicted octanol–water partition coefficient (Wildman–Crippen LogP) is 9.63. The van der Waals surface area contributed by atoms with Crippen LogP contribution in [-0.4, -0.2) is 26.0 Å². The molecule has 0 spiro atoms. The van der Waals surface area contributed by atoms with Crippen molar-refractivity contribution in [3.8, 4) is 16.9 Å². The molecule has 0 bridgehead atoms. The first-order chi connectivity index (χ1) is 20.1. The molecule has 0 aliphatic heterocycles. The number of hydrogen-bond acceptors (Lipinski definition) is 4. The zero-order valence-corrected chi connectivity index (χ0v) is 24.9. The number of esters is 1. The summed E-state index contributed by atoms with van der Waals surface area (Å²) in [6.45, 7) is 9.03. The zero-order valence-electron chi connectivity index (χ0n) is 24.9. The Morgan fingerprint density at radius 2 is 1.44 bits per heavy atom. The Labute approximate surface area is 248 Å². The number of rotatable bonds is 12. The van der Waals surface area contributed by atoms with Gasteiger partial charge in [0.05, 0.1) is 18.6 Å². The highest BCUT2D eigenvalue weighted by molar-refractivity contribution is 5.80. The van der Waals surface area contributed by atoms with E-state index in [0.717, 1.165) is 29.8 Å². The van der Waals surface area contributed by atoms with Gasteiger partial charge in [0, 0.05) is 18.8 Å². The smallest absolute Gasteiger partial charge is 0.469 e. The van der Waals surface area contributed by atoms with Crippen LogP contribution in [0.3, 0.4) is 0 Å². The monoisotopic (exact) mass is 609 g/mol. The highest BCUT2D eigenvalue weighted by Gasteiger charge is 2.31. The Bertz CT molecular complexity index is 1330. The second kappa shape index (κ2) is 14.2. The molecule has 1 atom stereocenters. The fourth-order valence-electron chi connectivity index (χ4n) is 4.75. The van der Waals surface area contributed by atoms with Crippen LogP contribution in [0, 0.1) is 11.8 Å². The Hall–Kier alpha value is -3.69. The van der Waals surface area contributed by atoms with Gasteiger partial charge in [-0.2, -0.15) is 13.2 Å². The molecule has 4 nitrogen and oxygen atoms in total. The van der Waals surface area contributed by atoms with Crippen LogP contribution in [0.1, 0.15) is 63.1 Å². The van der Waals surface area contributed by atoms with Gasteiger partial charge in [-0.1, -0.05) is 58.0 Å². The highest BCUT2D eigenvalue weighted by atomic mass is 19.4. The van der Waals surface area contributed by atoms with Crippen molar-refractivity contribution in [3.63, 3.8) is 0 Å². The van der Waals surface area contributed by atoms with Crippen molar-refractivity contribution in [1.29, 1.82) is 0 Å².